The monoisotopic (exact) mass is 314 g/mol. The van der Waals surface area contributed by atoms with Crippen molar-refractivity contribution in [2.24, 2.45) is 0 Å². The summed E-state index contributed by atoms with van der Waals surface area (Å²) in [5, 5.41) is 3.03. The number of carbonyl (C=O) groups is 1. The number of anilines is 1. The van der Waals surface area contributed by atoms with E-state index in [1.807, 2.05) is 38.2 Å². The molecule has 124 valence electrons. The van der Waals surface area contributed by atoms with Gasteiger partial charge in [0.1, 0.15) is 11.4 Å². The Morgan fingerprint density at radius 1 is 1.30 bits per heavy atom. The number of rotatable bonds is 6. The largest absolute Gasteiger partial charge is 0.354 e. The van der Waals surface area contributed by atoms with Crippen molar-refractivity contribution >= 4 is 11.7 Å². The van der Waals surface area contributed by atoms with E-state index in [-0.39, 0.29) is 5.91 Å². The average molecular weight is 314 g/mol. The van der Waals surface area contributed by atoms with Gasteiger partial charge in [0.25, 0.3) is 0 Å². The van der Waals surface area contributed by atoms with Crippen molar-refractivity contribution in [2.75, 3.05) is 37.6 Å². The number of hydrogen-bond acceptors (Lipinski definition) is 4. The lowest BCUT2D eigenvalue weighted by molar-refractivity contribution is -0.123. The molecule has 1 saturated heterocycles. The fourth-order valence-electron chi connectivity index (χ4n) is 2.85. The maximum Gasteiger partial charge on any atom is 0.235 e. The van der Waals surface area contributed by atoms with Crippen molar-refractivity contribution in [3.63, 3.8) is 0 Å². The smallest absolute Gasteiger partial charge is 0.235 e. The van der Waals surface area contributed by atoms with Crippen LogP contribution in [0.1, 0.15) is 26.7 Å². The van der Waals surface area contributed by atoms with Crippen LogP contribution in [0.4, 0.5) is 5.82 Å². The first kappa shape index (κ1) is 17.3. The number of hydrogen-bond donors (Lipinski definition) is 1. The van der Waals surface area contributed by atoms with Gasteiger partial charge in [0.15, 0.2) is 0 Å². The first-order valence-corrected chi connectivity index (χ1v) is 8.29. The summed E-state index contributed by atoms with van der Waals surface area (Å²) in [6, 6.07) is 5.94. The minimum atomic E-state index is -0.507. The molecule has 0 radical (unpaired) electrons. The lowest BCUT2D eigenvalue weighted by Gasteiger charge is -2.35. The molecule has 0 saturated carbocycles. The molecule has 5 heteroatoms. The van der Waals surface area contributed by atoms with Crippen LogP contribution in [-0.4, -0.2) is 54.1 Å². The number of piperazine rings is 1. The molecule has 1 aromatic rings. The summed E-state index contributed by atoms with van der Waals surface area (Å²) in [4.78, 5) is 21.1. The molecule has 0 unspecified atom stereocenters. The molecule has 0 bridgehead atoms. The number of terminal acetylenes is 1. The molecule has 0 spiro atoms. The summed E-state index contributed by atoms with van der Waals surface area (Å²) in [6.07, 6.45) is 8.91. The number of amides is 1. The highest BCUT2D eigenvalue weighted by Crippen LogP contribution is 2.14. The quantitative estimate of drug-likeness (QED) is 0.809. The van der Waals surface area contributed by atoms with Gasteiger partial charge in [-0.3, -0.25) is 9.69 Å². The standard InChI is InChI=1S/C18H26N4O/c1-4-18(5-2,6-3)20-17(23)15-21-11-13-22(14-12-21)16-9-7-8-10-19-16/h1,7-10H,5-6,11-15H2,2-3H3,(H,20,23). The molecular formula is C18H26N4O. The van der Waals surface area contributed by atoms with E-state index < -0.39 is 5.54 Å². The third-order valence-corrected chi connectivity index (χ3v) is 4.57. The zero-order valence-electron chi connectivity index (χ0n) is 14.1. The van der Waals surface area contributed by atoms with Crippen LogP contribution >= 0.6 is 0 Å². The highest BCUT2D eigenvalue weighted by atomic mass is 16.2. The van der Waals surface area contributed by atoms with Crippen LogP contribution in [0.3, 0.4) is 0 Å². The molecule has 23 heavy (non-hydrogen) atoms. The van der Waals surface area contributed by atoms with Crippen molar-refractivity contribution in [3.8, 4) is 12.3 Å². The second kappa shape index (κ2) is 7.98. The molecule has 1 aliphatic heterocycles. The number of pyridine rings is 1. The molecule has 5 nitrogen and oxygen atoms in total. The Balaban J connectivity index is 1.82. The van der Waals surface area contributed by atoms with Crippen molar-refractivity contribution < 1.29 is 4.79 Å². The summed E-state index contributed by atoms with van der Waals surface area (Å²) in [6.45, 7) is 7.89. The minimum Gasteiger partial charge on any atom is -0.354 e. The third kappa shape index (κ3) is 4.46. The Kier molecular flexibility index (Phi) is 6.00. The Labute approximate surface area is 139 Å². The number of carbonyl (C=O) groups excluding carboxylic acids is 1. The lowest BCUT2D eigenvalue weighted by Crippen LogP contribution is -2.53. The molecule has 0 aromatic carbocycles. The highest BCUT2D eigenvalue weighted by molar-refractivity contribution is 5.79. The predicted molar refractivity (Wildman–Crippen MR) is 93.2 cm³/mol. The summed E-state index contributed by atoms with van der Waals surface area (Å²) in [7, 11) is 0. The zero-order valence-corrected chi connectivity index (χ0v) is 14.1. The van der Waals surface area contributed by atoms with Gasteiger partial charge in [-0.05, 0) is 25.0 Å². The van der Waals surface area contributed by atoms with Gasteiger partial charge in [0.2, 0.25) is 5.91 Å². The zero-order chi connectivity index (χ0) is 16.7. The molecule has 2 heterocycles. The fraction of sp³-hybridized carbons (Fsp3) is 0.556. The first-order valence-electron chi connectivity index (χ1n) is 8.29. The Morgan fingerprint density at radius 3 is 2.52 bits per heavy atom. The number of nitrogens with zero attached hydrogens (tertiary/aromatic N) is 3. The summed E-state index contributed by atoms with van der Waals surface area (Å²) in [5.74, 6) is 3.76. The van der Waals surface area contributed by atoms with Crippen molar-refractivity contribution in [1.82, 2.24) is 15.2 Å². The van der Waals surface area contributed by atoms with E-state index in [4.69, 9.17) is 6.42 Å². The van der Waals surface area contributed by atoms with Crippen molar-refractivity contribution in [2.45, 2.75) is 32.2 Å². The van der Waals surface area contributed by atoms with E-state index in [0.29, 0.717) is 6.54 Å². The van der Waals surface area contributed by atoms with Crippen molar-refractivity contribution in [1.29, 1.82) is 0 Å². The summed E-state index contributed by atoms with van der Waals surface area (Å²) >= 11 is 0. The molecule has 0 atom stereocenters. The van der Waals surface area contributed by atoms with Gasteiger partial charge in [0, 0.05) is 32.4 Å². The van der Waals surface area contributed by atoms with Gasteiger partial charge in [-0.15, -0.1) is 6.42 Å². The SMILES string of the molecule is C#CC(CC)(CC)NC(=O)CN1CCN(c2ccccn2)CC1. The summed E-state index contributed by atoms with van der Waals surface area (Å²) in [5.41, 5.74) is -0.507. The number of aromatic nitrogens is 1. The molecule has 1 N–H and O–H groups in total. The van der Waals surface area contributed by atoms with Crippen LogP contribution in [0.5, 0.6) is 0 Å². The molecule has 1 fully saturated rings. The highest BCUT2D eigenvalue weighted by Gasteiger charge is 2.27. The molecule has 1 aromatic heterocycles. The normalized spacial score (nSPS) is 16.0. The maximum atomic E-state index is 12.3. The Morgan fingerprint density at radius 2 is 2.00 bits per heavy atom. The van der Waals surface area contributed by atoms with Gasteiger partial charge in [0.05, 0.1) is 6.54 Å². The summed E-state index contributed by atoms with van der Waals surface area (Å²) < 4.78 is 0. The van der Waals surface area contributed by atoms with Gasteiger partial charge in [-0.1, -0.05) is 25.8 Å². The van der Waals surface area contributed by atoms with Crippen LogP contribution in [0, 0.1) is 12.3 Å². The second-order valence-corrected chi connectivity index (χ2v) is 5.93. The van der Waals surface area contributed by atoms with Crippen LogP contribution in [0.15, 0.2) is 24.4 Å². The van der Waals surface area contributed by atoms with Gasteiger partial charge in [-0.25, -0.2) is 4.98 Å². The Hall–Kier alpha value is -2.06. The maximum absolute atomic E-state index is 12.3. The fourth-order valence-corrected chi connectivity index (χ4v) is 2.85. The predicted octanol–water partition coefficient (Wildman–Crippen LogP) is 1.51. The van der Waals surface area contributed by atoms with Gasteiger partial charge in [-0.2, -0.15) is 0 Å². The van der Waals surface area contributed by atoms with Crippen LogP contribution in [-0.2, 0) is 4.79 Å². The van der Waals surface area contributed by atoms with E-state index >= 15 is 0 Å². The van der Waals surface area contributed by atoms with Crippen LogP contribution < -0.4 is 10.2 Å². The van der Waals surface area contributed by atoms with Crippen LogP contribution in [0.25, 0.3) is 0 Å². The first-order chi connectivity index (χ1) is 11.1. The topological polar surface area (TPSA) is 48.5 Å². The minimum absolute atomic E-state index is 0.0120. The van der Waals surface area contributed by atoms with E-state index in [1.165, 1.54) is 0 Å². The Bertz CT molecular complexity index is 540. The molecule has 0 aliphatic carbocycles. The molecular weight excluding hydrogens is 288 g/mol. The average Bonchev–Trinajstić information content (AvgIpc) is 2.61. The number of nitrogens with one attached hydrogen (secondary N) is 1. The molecule has 1 aliphatic rings. The van der Waals surface area contributed by atoms with Gasteiger partial charge < -0.3 is 10.2 Å². The third-order valence-electron chi connectivity index (χ3n) is 4.57. The molecule has 1 amide bonds. The lowest BCUT2D eigenvalue weighted by atomic mass is 9.94. The van der Waals surface area contributed by atoms with E-state index in [9.17, 15) is 4.79 Å². The van der Waals surface area contributed by atoms with E-state index in [1.54, 1.807) is 0 Å². The second-order valence-electron chi connectivity index (χ2n) is 5.93. The van der Waals surface area contributed by atoms with Gasteiger partial charge >= 0.3 is 0 Å². The van der Waals surface area contributed by atoms with E-state index in [0.717, 1.165) is 44.8 Å². The van der Waals surface area contributed by atoms with Crippen LogP contribution in [0.2, 0.25) is 0 Å². The van der Waals surface area contributed by atoms with Crippen molar-refractivity contribution in [3.05, 3.63) is 24.4 Å². The molecule has 2 rings (SSSR count). The van der Waals surface area contributed by atoms with E-state index in [2.05, 4.69) is 26.0 Å².